The maximum Gasteiger partial charge on any atom is 0.321 e. The van der Waals surface area contributed by atoms with Crippen LogP contribution in [-0.2, 0) is 19.6 Å². The highest BCUT2D eigenvalue weighted by molar-refractivity contribution is 7.89. The van der Waals surface area contributed by atoms with Gasteiger partial charge in [0.2, 0.25) is 10.0 Å². The Balaban J connectivity index is 1.93. The number of hydrogen-bond acceptors (Lipinski definition) is 8. The van der Waals surface area contributed by atoms with Crippen molar-refractivity contribution in [3.8, 4) is 0 Å². The van der Waals surface area contributed by atoms with Gasteiger partial charge in [-0.25, -0.2) is 28.1 Å². The molecule has 0 aromatic carbocycles. The second kappa shape index (κ2) is 7.85. The van der Waals surface area contributed by atoms with E-state index in [1.54, 1.807) is 0 Å². The molecule has 2 heterocycles. The summed E-state index contributed by atoms with van der Waals surface area (Å²) in [4.78, 5) is 36.2. The summed E-state index contributed by atoms with van der Waals surface area (Å²) in [5, 5.41) is 20.4. The lowest BCUT2D eigenvalue weighted by molar-refractivity contribution is -0.140. The average Bonchev–Trinajstić information content (AvgIpc) is 3.00. The summed E-state index contributed by atoms with van der Waals surface area (Å²) in [6, 6.07) is -1.50. The first kappa shape index (κ1) is 18.5. The number of anilines is 1. The Labute approximate surface area is 141 Å². The molecule has 0 aliphatic rings. The summed E-state index contributed by atoms with van der Waals surface area (Å²) >= 11 is 0. The van der Waals surface area contributed by atoms with Crippen molar-refractivity contribution in [2.24, 2.45) is 0 Å². The number of carboxylic acids is 2. The molecule has 0 saturated carbocycles. The van der Waals surface area contributed by atoms with Crippen molar-refractivity contribution >= 4 is 38.9 Å². The third-order valence-corrected chi connectivity index (χ3v) is 4.54. The van der Waals surface area contributed by atoms with Gasteiger partial charge in [0.25, 0.3) is 0 Å². The molecule has 12 nitrogen and oxygen atoms in total. The zero-order chi connectivity index (χ0) is 18.4. The molecule has 136 valence electrons. The van der Waals surface area contributed by atoms with Gasteiger partial charge in [-0.2, -0.15) is 0 Å². The summed E-state index contributed by atoms with van der Waals surface area (Å²) < 4.78 is 25.9. The molecule has 0 bridgehead atoms. The minimum absolute atomic E-state index is 0.0499. The van der Waals surface area contributed by atoms with Crippen molar-refractivity contribution in [2.45, 2.75) is 18.9 Å². The van der Waals surface area contributed by atoms with E-state index in [0.717, 1.165) is 0 Å². The van der Waals surface area contributed by atoms with Crippen LogP contribution in [0.15, 0.2) is 12.7 Å². The van der Waals surface area contributed by atoms with Crippen molar-refractivity contribution in [2.75, 3.05) is 17.6 Å². The maximum absolute atomic E-state index is 12.0. The standard InChI is InChI=1S/C12H16N6O6S/c19-8(20)2-1-7(12(21)22)18-25(23,24)4-3-13-10-9-11(15-5-14-9)17-6-16-10/h5-7,18H,1-4H2,(H,19,20)(H,21,22)(H2,13,14,15,16,17)/t7-/m0/s1. The molecule has 2 aromatic heterocycles. The molecular weight excluding hydrogens is 356 g/mol. The van der Waals surface area contributed by atoms with Crippen LogP contribution in [0.5, 0.6) is 0 Å². The predicted molar refractivity (Wildman–Crippen MR) is 85.4 cm³/mol. The van der Waals surface area contributed by atoms with Crippen LogP contribution in [0.3, 0.4) is 0 Å². The summed E-state index contributed by atoms with van der Waals surface area (Å²) in [7, 11) is -3.94. The van der Waals surface area contributed by atoms with Crippen LogP contribution in [0.25, 0.3) is 11.2 Å². The third-order valence-electron chi connectivity index (χ3n) is 3.15. The van der Waals surface area contributed by atoms with E-state index in [1.807, 2.05) is 4.72 Å². The molecule has 2 rings (SSSR count). The highest BCUT2D eigenvalue weighted by Crippen LogP contribution is 2.13. The summed E-state index contributed by atoms with van der Waals surface area (Å²) in [5.41, 5.74) is 0.927. The van der Waals surface area contributed by atoms with E-state index in [-0.39, 0.29) is 13.0 Å². The molecule has 0 amide bonds. The van der Waals surface area contributed by atoms with Crippen molar-refractivity contribution in [3.05, 3.63) is 12.7 Å². The van der Waals surface area contributed by atoms with Crippen molar-refractivity contribution < 1.29 is 28.2 Å². The maximum atomic E-state index is 12.0. The lowest BCUT2D eigenvalue weighted by Crippen LogP contribution is -2.43. The second-order valence-corrected chi connectivity index (χ2v) is 6.88. The molecule has 0 radical (unpaired) electrons. The predicted octanol–water partition coefficient (Wildman–Crippen LogP) is -0.998. The molecule has 0 aliphatic carbocycles. The lowest BCUT2D eigenvalue weighted by atomic mass is 10.2. The van der Waals surface area contributed by atoms with Gasteiger partial charge < -0.3 is 20.5 Å². The van der Waals surface area contributed by atoms with Crippen LogP contribution in [0.2, 0.25) is 0 Å². The van der Waals surface area contributed by atoms with Crippen LogP contribution in [0, 0.1) is 0 Å². The Kier molecular flexibility index (Phi) is 5.82. The first-order valence-electron chi connectivity index (χ1n) is 7.11. The number of aromatic nitrogens is 4. The normalized spacial score (nSPS) is 12.8. The Bertz CT molecular complexity index is 866. The number of nitrogens with zero attached hydrogens (tertiary/aromatic N) is 3. The molecule has 5 N–H and O–H groups in total. The molecule has 0 fully saturated rings. The number of aliphatic carboxylic acids is 2. The Morgan fingerprint density at radius 1 is 1.24 bits per heavy atom. The average molecular weight is 372 g/mol. The zero-order valence-electron chi connectivity index (χ0n) is 12.8. The van der Waals surface area contributed by atoms with Crippen LogP contribution >= 0.6 is 0 Å². The summed E-state index contributed by atoms with van der Waals surface area (Å²) in [6.07, 6.45) is 1.88. The molecule has 0 unspecified atom stereocenters. The van der Waals surface area contributed by atoms with Gasteiger partial charge in [-0.05, 0) is 6.42 Å². The lowest BCUT2D eigenvalue weighted by Gasteiger charge is -2.14. The van der Waals surface area contributed by atoms with Gasteiger partial charge in [0.1, 0.15) is 17.9 Å². The largest absolute Gasteiger partial charge is 0.481 e. The molecular formula is C12H16N6O6S. The van der Waals surface area contributed by atoms with E-state index in [1.165, 1.54) is 12.7 Å². The molecule has 2 aromatic rings. The van der Waals surface area contributed by atoms with Gasteiger partial charge >= 0.3 is 11.9 Å². The van der Waals surface area contributed by atoms with E-state index in [9.17, 15) is 18.0 Å². The smallest absolute Gasteiger partial charge is 0.321 e. The summed E-state index contributed by atoms with van der Waals surface area (Å²) in [6.45, 7) is -0.0499. The Morgan fingerprint density at radius 2 is 2.00 bits per heavy atom. The van der Waals surface area contributed by atoms with Gasteiger partial charge in [-0.3, -0.25) is 9.59 Å². The van der Waals surface area contributed by atoms with Crippen molar-refractivity contribution in [3.63, 3.8) is 0 Å². The number of rotatable bonds is 10. The van der Waals surface area contributed by atoms with Gasteiger partial charge in [0.05, 0.1) is 12.1 Å². The SMILES string of the molecule is O=C(O)CC[C@H](NS(=O)(=O)CCNc1ncnc2nc[nH]c12)C(=O)O. The van der Waals surface area contributed by atoms with Gasteiger partial charge in [-0.1, -0.05) is 0 Å². The highest BCUT2D eigenvalue weighted by Gasteiger charge is 2.24. The number of fused-ring (bicyclic) bond motifs is 1. The number of carboxylic acid groups (broad SMARTS) is 2. The second-order valence-electron chi connectivity index (χ2n) is 5.01. The molecule has 13 heteroatoms. The first-order valence-corrected chi connectivity index (χ1v) is 8.76. The van der Waals surface area contributed by atoms with Crippen LogP contribution in [-0.4, -0.2) is 68.8 Å². The molecule has 0 saturated heterocycles. The first-order chi connectivity index (χ1) is 11.8. The van der Waals surface area contributed by atoms with Gasteiger partial charge in [-0.15, -0.1) is 0 Å². The number of H-pyrrole nitrogens is 1. The highest BCUT2D eigenvalue weighted by atomic mass is 32.2. The van der Waals surface area contributed by atoms with E-state index in [4.69, 9.17) is 10.2 Å². The topological polar surface area (TPSA) is 187 Å². The number of sulfonamides is 1. The van der Waals surface area contributed by atoms with E-state index in [0.29, 0.717) is 17.0 Å². The monoisotopic (exact) mass is 372 g/mol. The van der Waals surface area contributed by atoms with Crippen LogP contribution in [0.4, 0.5) is 5.82 Å². The number of aromatic amines is 1. The summed E-state index contributed by atoms with van der Waals surface area (Å²) in [5.74, 6) is -2.71. The van der Waals surface area contributed by atoms with Gasteiger partial charge in [0, 0.05) is 13.0 Å². The molecule has 0 aliphatic heterocycles. The van der Waals surface area contributed by atoms with E-state index < -0.39 is 40.2 Å². The van der Waals surface area contributed by atoms with Crippen molar-refractivity contribution in [1.29, 1.82) is 0 Å². The van der Waals surface area contributed by atoms with Gasteiger partial charge in [0.15, 0.2) is 11.5 Å². The fraction of sp³-hybridized carbons (Fsp3) is 0.417. The molecule has 25 heavy (non-hydrogen) atoms. The fourth-order valence-corrected chi connectivity index (χ4v) is 3.12. The van der Waals surface area contributed by atoms with E-state index >= 15 is 0 Å². The quantitative estimate of drug-likeness (QED) is 0.346. The number of hydrogen-bond donors (Lipinski definition) is 5. The Morgan fingerprint density at radius 3 is 2.68 bits per heavy atom. The minimum atomic E-state index is -3.94. The number of imidazole rings is 1. The van der Waals surface area contributed by atoms with Crippen molar-refractivity contribution in [1.82, 2.24) is 24.7 Å². The number of nitrogens with one attached hydrogen (secondary N) is 3. The number of carbonyl (C=O) groups is 2. The van der Waals surface area contributed by atoms with Crippen LogP contribution in [0.1, 0.15) is 12.8 Å². The zero-order valence-corrected chi connectivity index (χ0v) is 13.7. The van der Waals surface area contributed by atoms with E-state index in [2.05, 4.69) is 25.3 Å². The minimum Gasteiger partial charge on any atom is -0.481 e. The molecule has 1 atom stereocenters. The Hall–Kier alpha value is -2.80. The molecule has 0 spiro atoms. The third kappa shape index (κ3) is 5.36. The fourth-order valence-electron chi connectivity index (χ4n) is 1.98. The van der Waals surface area contributed by atoms with Crippen LogP contribution < -0.4 is 10.0 Å².